The number of aliphatic hydroxyl groups is 1. The standard InChI is InChI=1S/C16H24O2/c1-3-12(2)13-8-4-6-10-15(13)18-16-11-7-5-9-14(16)17/h4,6,8,10,12,14,16-17H,3,5,7,9,11H2,1-2H3/t12?,14-,16-/m1/s1. The number of aliphatic hydroxyl groups excluding tert-OH is 1. The fraction of sp³-hybridized carbons (Fsp3) is 0.625. The molecular formula is C16H24O2. The third-order valence-corrected chi connectivity index (χ3v) is 4.01. The highest BCUT2D eigenvalue weighted by Crippen LogP contribution is 2.31. The van der Waals surface area contributed by atoms with E-state index >= 15 is 0 Å². The Morgan fingerprint density at radius 2 is 2.00 bits per heavy atom. The number of hydrogen-bond acceptors (Lipinski definition) is 2. The van der Waals surface area contributed by atoms with Gasteiger partial charge in [-0.15, -0.1) is 0 Å². The summed E-state index contributed by atoms with van der Waals surface area (Å²) in [4.78, 5) is 0. The van der Waals surface area contributed by atoms with E-state index in [1.165, 1.54) is 5.56 Å². The Balaban J connectivity index is 2.12. The van der Waals surface area contributed by atoms with E-state index < -0.39 is 0 Å². The number of ether oxygens (including phenoxy) is 1. The fourth-order valence-corrected chi connectivity index (χ4v) is 2.59. The minimum atomic E-state index is -0.302. The van der Waals surface area contributed by atoms with E-state index in [0.29, 0.717) is 5.92 Å². The van der Waals surface area contributed by atoms with Gasteiger partial charge >= 0.3 is 0 Å². The first-order valence-corrected chi connectivity index (χ1v) is 7.16. The highest BCUT2D eigenvalue weighted by Gasteiger charge is 2.25. The lowest BCUT2D eigenvalue weighted by atomic mass is 9.94. The largest absolute Gasteiger partial charge is 0.487 e. The van der Waals surface area contributed by atoms with E-state index in [1.807, 2.05) is 12.1 Å². The Morgan fingerprint density at radius 1 is 1.28 bits per heavy atom. The monoisotopic (exact) mass is 248 g/mol. The Bertz CT molecular complexity index is 375. The minimum absolute atomic E-state index is 0.0241. The summed E-state index contributed by atoms with van der Waals surface area (Å²) in [6.45, 7) is 4.41. The van der Waals surface area contributed by atoms with Gasteiger partial charge in [0.25, 0.3) is 0 Å². The first-order valence-electron chi connectivity index (χ1n) is 7.16. The average molecular weight is 248 g/mol. The van der Waals surface area contributed by atoms with Crippen LogP contribution < -0.4 is 4.74 Å². The quantitative estimate of drug-likeness (QED) is 0.876. The molecule has 2 nitrogen and oxygen atoms in total. The van der Waals surface area contributed by atoms with Gasteiger partial charge in [0.15, 0.2) is 0 Å². The van der Waals surface area contributed by atoms with Crippen molar-refractivity contribution in [3.63, 3.8) is 0 Å². The van der Waals surface area contributed by atoms with E-state index in [2.05, 4.69) is 26.0 Å². The van der Waals surface area contributed by atoms with Crippen molar-refractivity contribution in [2.45, 2.75) is 64.1 Å². The van der Waals surface area contributed by atoms with Crippen molar-refractivity contribution < 1.29 is 9.84 Å². The minimum Gasteiger partial charge on any atom is -0.487 e. The van der Waals surface area contributed by atoms with Gasteiger partial charge in [0.2, 0.25) is 0 Å². The van der Waals surface area contributed by atoms with Gasteiger partial charge in [-0.3, -0.25) is 0 Å². The van der Waals surface area contributed by atoms with Gasteiger partial charge in [0.1, 0.15) is 11.9 Å². The Labute approximate surface area is 110 Å². The molecule has 1 unspecified atom stereocenters. The molecule has 18 heavy (non-hydrogen) atoms. The SMILES string of the molecule is CCC(C)c1ccccc1O[C@@H]1CCCC[C@H]1O. The van der Waals surface area contributed by atoms with Crippen LogP contribution in [-0.4, -0.2) is 17.3 Å². The molecule has 0 aromatic heterocycles. The van der Waals surface area contributed by atoms with Crippen molar-refractivity contribution in [2.75, 3.05) is 0 Å². The first-order chi connectivity index (χ1) is 8.72. The van der Waals surface area contributed by atoms with Crippen LogP contribution in [-0.2, 0) is 0 Å². The fourth-order valence-electron chi connectivity index (χ4n) is 2.59. The molecule has 0 bridgehead atoms. The molecule has 2 heteroatoms. The average Bonchev–Trinajstić information content (AvgIpc) is 2.41. The number of rotatable bonds is 4. The van der Waals surface area contributed by atoms with Gasteiger partial charge in [0.05, 0.1) is 6.10 Å². The van der Waals surface area contributed by atoms with Crippen LogP contribution in [0.1, 0.15) is 57.4 Å². The lowest BCUT2D eigenvalue weighted by molar-refractivity contribution is 0.00625. The predicted molar refractivity (Wildman–Crippen MR) is 74.0 cm³/mol. The second kappa shape index (κ2) is 6.24. The zero-order valence-electron chi connectivity index (χ0n) is 11.4. The first kappa shape index (κ1) is 13.4. The summed E-state index contributed by atoms with van der Waals surface area (Å²) in [5.74, 6) is 1.46. The van der Waals surface area contributed by atoms with Gasteiger partial charge in [-0.05, 0) is 43.2 Å². The van der Waals surface area contributed by atoms with Gasteiger partial charge < -0.3 is 9.84 Å². The van der Waals surface area contributed by atoms with Crippen LogP contribution in [0.2, 0.25) is 0 Å². The smallest absolute Gasteiger partial charge is 0.124 e. The molecule has 1 aliphatic rings. The Hall–Kier alpha value is -1.02. The number of hydrogen-bond donors (Lipinski definition) is 1. The molecule has 1 aromatic carbocycles. The van der Waals surface area contributed by atoms with Gasteiger partial charge in [-0.1, -0.05) is 38.5 Å². The van der Waals surface area contributed by atoms with Crippen molar-refractivity contribution in [1.82, 2.24) is 0 Å². The lowest BCUT2D eigenvalue weighted by Crippen LogP contribution is -2.34. The maximum absolute atomic E-state index is 9.99. The zero-order chi connectivity index (χ0) is 13.0. The van der Waals surface area contributed by atoms with Crippen LogP contribution in [0.25, 0.3) is 0 Å². The summed E-state index contributed by atoms with van der Waals surface area (Å²) in [6.07, 6.45) is 4.90. The van der Waals surface area contributed by atoms with Crippen LogP contribution in [0, 0.1) is 0 Å². The molecule has 0 heterocycles. The number of para-hydroxylation sites is 1. The molecule has 100 valence electrons. The maximum atomic E-state index is 9.99. The molecule has 1 aromatic rings. The van der Waals surface area contributed by atoms with E-state index in [4.69, 9.17) is 4.74 Å². The highest BCUT2D eigenvalue weighted by atomic mass is 16.5. The van der Waals surface area contributed by atoms with Crippen LogP contribution in [0.15, 0.2) is 24.3 Å². The van der Waals surface area contributed by atoms with E-state index in [-0.39, 0.29) is 12.2 Å². The molecule has 1 fully saturated rings. The summed E-state index contributed by atoms with van der Waals surface area (Å²) in [6, 6.07) is 8.24. The summed E-state index contributed by atoms with van der Waals surface area (Å²) in [5.41, 5.74) is 1.26. The molecule has 0 radical (unpaired) electrons. The molecule has 0 saturated heterocycles. The van der Waals surface area contributed by atoms with Crippen molar-refractivity contribution in [3.05, 3.63) is 29.8 Å². The van der Waals surface area contributed by atoms with Gasteiger partial charge in [-0.25, -0.2) is 0 Å². The topological polar surface area (TPSA) is 29.5 Å². The van der Waals surface area contributed by atoms with Gasteiger partial charge in [0, 0.05) is 0 Å². The van der Waals surface area contributed by atoms with Crippen LogP contribution in [0.3, 0.4) is 0 Å². The molecule has 1 N–H and O–H groups in total. The summed E-state index contributed by atoms with van der Waals surface area (Å²) >= 11 is 0. The lowest BCUT2D eigenvalue weighted by Gasteiger charge is -2.29. The van der Waals surface area contributed by atoms with E-state index in [1.54, 1.807) is 0 Å². The highest BCUT2D eigenvalue weighted by molar-refractivity contribution is 5.36. The summed E-state index contributed by atoms with van der Waals surface area (Å²) in [7, 11) is 0. The normalized spacial score (nSPS) is 25.7. The van der Waals surface area contributed by atoms with Gasteiger partial charge in [-0.2, -0.15) is 0 Å². The third kappa shape index (κ3) is 3.05. The molecule has 0 amide bonds. The zero-order valence-corrected chi connectivity index (χ0v) is 11.4. The molecule has 1 aliphatic carbocycles. The molecule has 0 aliphatic heterocycles. The second-order valence-electron chi connectivity index (χ2n) is 5.36. The summed E-state index contributed by atoms with van der Waals surface area (Å²) < 4.78 is 6.07. The predicted octanol–water partition coefficient (Wildman–Crippen LogP) is 3.88. The van der Waals surface area contributed by atoms with E-state index in [0.717, 1.165) is 37.9 Å². The van der Waals surface area contributed by atoms with E-state index in [9.17, 15) is 5.11 Å². The van der Waals surface area contributed by atoms with Crippen molar-refractivity contribution in [2.24, 2.45) is 0 Å². The molecular weight excluding hydrogens is 224 g/mol. The maximum Gasteiger partial charge on any atom is 0.124 e. The molecule has 1 saturated carbocycles. The third-order valence-electron chi connectivity index (χ3n) is 4.01. The molecule has 0 spiro atoms. The number of benzene rings is 1. The van der Waals surface area contributed by atoms with Crippen molar-refractivity contribution >= 4 is 0 Å². The second-order valence-corrected chi connectivity index (χ2v) is 5.36. The van der Waals surface area contributed by atoms with Crippen molar-refractivity contribution in [3.8, 4) is 5.75 Å². The van der Waals surface area contributed by atoms with Crippen LogP contribution in [0.4, 0.5) is 0 Å². The molecule has 3 atom stereocenters. The van der Waals surface area contributed by atoms with Crippen LogP contribution >= 0.6 is 0 Å². The summed E-state index contributed by atoms with van der Waals surface area (Å²) in [5, 5.41) is 9.99. The van der Waals surface area contributed by atoms with Crippen LogP contribution in [0.5, 0.6) is 5.75 Å². The van der Waals surface area contributed by atoms with Crippen molar-refractivity contribution in [1.29, 1.82) is 0 Å². The molecule has 2 rings (SSSR count). The Morgan fingerprint density at radius 3 is 2.72 bits per heavy atom. The Kier molecular flexibility index (Phi) is 4.65.